The zero-order valence-corrected chi connectivity index (χ0v) is 9.26. The molecule has 0 aliphatic rings. The first-order chi connectivity index (χ1) is 7.19. The van der Waals surface area contributed by atoms with Crippen molar-refractivity contribution in [3.63, 3.8) is 0 Å². The summed E-state index contributed by atoms with van der Waals surface area (Å²) in [6.07, 6.45) is 2.09. The number of nitrogens with zero attached hydrogens (tertiary/aromatic N) is 1. The quantitative estimate of drug-likeness (QED) is 0.722. The van der Waals surface area contributed by atoms with Gasteiger partial charge in [-0.2, -0.15) is 0 Å². The molecular formula is C12H17F2N. The smallest absolute Gasteiger partial charge is 0.149 e. The van der Waals surface area contributed by atoms with Crippen LogP contribution in [0.4, 0.5) is 14.5 Å². The summed E-state index contributed by atoms with van der Waals surface area (Å²) in [5.41, 5.74) is 0.493. The molecule has 0 spiro atoms. The molecule has 0 bridgehead atoms. The molecule has 0 aliphatic carbocycles. The minimum Gasteiger partial charge on any atom is -0.369 e. The van der Waals surface area contributed by atoms with Crippen LogP contribution >= 0.6 is 0 Å². The summed E-state index contributed by atoms with van der Waals surface area (Å²) in [5.74, 6) is -1.00. The van der Waals surface area contributed by atoms with Gasteiger partial charge in [-0.15, -0.1) is 0 Å². The third-order valence-electron chi connectivity index (χ3n) is 2.41. The lowest BCUT2D eigenvalue weighted by molar-refractivity contribution is 0.577. The topological polar surface area (TPSA) is 3.24 Å². The third-order valence-corrected chi connectivity index (χ3v) is 2.41. The lowest BCUT2D eigenvalue weighted by Crippen LogP contribution is -2.24. The summed E-state index contributed by atoms with van der Waals surface area (Å²) >= 11 is 0. The Kier molecular flexibility index (Phi) is 4.53. The average molecular weight is 213 g/mol. The molecule has 0 N–H and O–H groups in total. The molecule has 0 fully saturated rings. The normalized spacial score (nSPS) is 10.4. The van der Waals surface area contributed by atoms with E-state index in [0.29, 0.717) is 5.69 Å². The van der Waals surface area contributed by atoms with Crippen LogP contribution < -0.4 is 4.90 Å². The van der Waals surface area contributed by atoms with Gasteiger partial charge in [0.1, 0.15) is 11.6 Å². The summed E-state index contributed by atoms with van der Waals surface area (Å²) < 4.78 is 26.1. The van der Waals surface area contributed by atoms with Crippen molar-refractivity contribution in [1.82, 2.24) is 0 Å². The van der Waals surface area contributed by atoms with E-state index in [1.54, 1.807) is 0 Å². The number of benzene rings is 1. The Morgan fingerprint density at radius 3 is 2.47 bits per heavy atom. The molecule has 1 rings (SSSR count). The Bertz CT molecular complexity index is 312. The maximum atomic E-state index is 13.4. The van der Waals surface area contributed by atoms with Crippen LogP contribution in [-0.4, -0.2) is 13.1 Å². The van der Waals surface area contributed by atoms with Crippen molar-refractivity contribution in [3.05, 3.63) is 29.8 Å². The van der Waals surface area contributed by atoms with E-state index in [1.807, 2.05) is 11.8 Å². The standard InChI is InChI=1S/C12H17F2N/c1-3-5-8-15(4-2)12-7-6-10(13)9-11(12)14/h6-7,9H,3-5,8H2,1-2H3. The summed E-state index contributed by atoms with van der Waals surface area (Å²) in [4.78, 5) is 1.93. The highest BCUT2D eigenvalue weighted by Crippen LogP contribution is 2.20. The van der Waals surface area contributed by atoms with Crippen molar-refractivity contribution in [2.75, 3.05) is 18.0 Å². The van der Waals surface area contributed by atoms with Gasteiger partial charge in [-0.1, -0.05) is 13.3 Å². The predicted octanol–water partition coefficient (Wildman–Crippen LogP) is 3.59. The van der Waals surface area contributed by atoms with Crippen LogP contribution in [0.3, 0.4) is 0 Å². The van der Waals surface area contributed by atoms with Crippen LogP contribution in [0.5, 0.6) is 0 Å². The van der Waals surface area contributed by atoms with Gasteiger partial charge >= 0.3 is 0 Å². The molecule has 0 atom stereocenters. The fourth-order valence-corrected chi connectivity index (χ4v) is 1.54. The van der Waals surface area contributed by atoms with E-state index in [0.717, 1.165) is 32.0 Å². The molecule has 3 heteroatoms. The molecule has 0 aromatic heterocycles. The summed E-state index contributed by atoms with van der Waals surface area (Å²) in [6, 6.07) is 3.74. The Morgan fingerprint density at radius 1 is 1.20 bits per heavy atom. The molecule has 1 aromatic carbocycles. The van der Waals surface area contributed by atoms with Crippen LogP contribution in [-0.2, 0) is 0 Å². The molecule has 0 aliphatic heterocycles. The first kappa shape index (κ1) is 12.0. The van der Waals surface area contributed by atoms with E-state index in [4.69, 9.17) is 0 Å². The fraction of sp³-hybridized carbons (Fsp3) is 0.500. The molecule has 0 saturated carbocycles. The average Bonchev–Trinajstić information content (AvgIpc) is 2.21. The Labute approximate surface area is 89.7 Å². The predicted molar refractivity (Wildman–Crippen MR) is 59.2 cm³/mol. The van der Waals surface area contributed by atoms with Crippen molar-refractivity contribution in [1.29, 1.82) is 0 Å². The van der Waals surface area contributed by atoms with Crippen LogP contribution in [0, 0.1) is 11.6 Å². The van der Waals surface area contributed by atoms with Gasteiger partial charge in [-0.25, -0.2) is 8.78 Å². The molecular weight excluding hydrogens is 196 g/mol. The highest BCUT2D eigenvalue weighted by molar-refractivity contribution is 5.47. The van der Waals surface area contributed by atoms with Gasteiger partial charge in [0.2, 0.25) is 0 Å². The Balaban J connectivity index is 2.81. The van der Waals surface area contributed by atoms with Gasteiger partial charge in [-0.3, -0.25) is 0 Å². The highest BCUT2D eigenvalue weighted by Gasteiger charge is 2.09. The molecule has 1 aromatic rings. The molecule has 0 heterocycles. The first-order valence-electron chi connectivity index (χ1n) is 5.39. The van der Waals surface area contributed by atoms with Gasteiger partial charge in [0, 0.05) is 19.2 Å². The Morgan fingerprint density at radius 2 is 1.93 bits per heavy atom. The summed E-state index contributed by atoms with van der Waals surface area (Å²) in [5, 5.41) is 0. The minimum atomic E-state index is -0.525. The van der Waals surface area contributed by atoms with Gasteiger partial charge in [0.25, 0.3) is 0 Å². The van der Waals surface area contributed by atoms with Crippen LogP contribution in [0.1, 0.15) is 26.7 Å². The number of anilines is 1. The van der Waals surface area contributed by atoms with E-state index in [1.165, 1.54) is 12.1 Å². The van der Waals surface area contributed by atoms with E-state index in [9.17, 15) is 8.78 Å². The highest BCUT2D eigenvalue weighted by atomic mass is 19.1. The Hall–Kier alpha value is -1.12. The van der Waals surface area contributed by atoms with Crippen molar-refractivity contribution < 1.29 is 8.78 Å². The molecule has 1 nitrogen and oxygen atoms in total. The first-order valence-corrected chi connectivity index (χ1v) is 5.39. The lowest BCUT2D eigenvalue weighted by Gasteiger charge is -2.23. The number of rotatable bonds is 5. The van der Waals surface area contributed by atoms with E-state index in [-0.39, 0.29) is 0 Å². The number of halogens is 2. The zero-order chi connectivity index (χ0) is 11.3. The molecule has 0 amide bonds. The number of hydrogen-bond acceptors (Lipinski definition) is 1. The van der Waals surface area contributed by atoms with E-state index in [2.05, 4.69) is 6.92 Å². The second kappa shape index (κ2) is 5.69. The number of hydrogen-bond donors (Lipinski definition) is 0. The van der Waals surface area contributed by atoms with Crippen molar-refractivity contribution >= 4 is 5.69 Å². The van der Waals surface area contributed by atoms with E-state index < -0.39 is 11.6 Å². The third kappa shape index (κ3) is 3.18. The van der Waals surface area contributed by atoms with Crippen molar-refractivity contribution in [2.24, 2.45) is 0 Å². The zero-order valence-electron chi connectivity index (χ0n) is 9.26. The lowest BCUT2D eigenvalue weighted by atomic mass is 10.2. The van der Waals surface area contributed by atoms with Crippen LogP contribution in [0.2, 0.25) is 0 Å². The maximum absolute atomic E-state index is 13.4. The van der Waals surface area contributed by atoms with Gasteiger partial charge < -0.3 is 4.90 Å². The minimum absolute atomic E-state index is 0.479. The SMILES string of the molecule is CCCCN(CC)c1ccc(F)cc1F. The second-order valence-electron chi connectivity index (χ2n) is 3.53. The number of unbranched alkanes of at least 4 members (excludes halogenated alkanes) is 1. The van der Waals surface area contributed by atoms with Crippen LogP contribution in [0.25, 0.3) is 0 Å². The fourth-order valence-electron chi connectivity index (χ4n) is 1.54. The van der Waals surface area contributed by atoms with Gasteiger partial charge in [0.05, 0.1) is 5.69 Å². The monoisotopic (exact) mass is 213 g/mol. The molecule has 0 radical (unpaired) electrons. The molecule has 0 saturated heterocycles. The maximum Gasteiger partial charge on any atom is 0.149 e. The van der Waals surface area contributed by atoms with E-state index >= 15 is 0 Å². The van der Waals surface area contributed by atoms with Gasteiger partial charge in [-0.05, 0) is 25.5 Å². The molecule has 84 valence electrons. The van der Waals surface area contributed by atoms with Crippen molar-refractivity contribution in [2.45, 2.75) is 26.7 Å². The van der Waals surface area contributed by atoms with Crippen molar-refractivity contribution in [3.8, 4) is 0 Å². The summed E-state index contributed by atoms with van der Waals surface area (Å²) in [7, 11) is 0. The largest absolute Gasteiger partial charge is 0.369 e. The van der Waals surface area contributed by atoms with Crippen LogP contribution in [0.15, 0.2) is 18.2 Å². The van der Waals surface area contributed by atoms with Gasteiger partial charge in [0.15, 0.2) is 0 Å². The summed E-state index contributed by atoms with van der Waals surface area (Å²) in [6.45, 7) is 5.62. The molecule has 15 heavy (non-hydrogen) atoms. The second-order valence-corrected chi connectivity index (χ2v) is 3.53. The molecule has 0 unspecified atom stereocenters.